The molecule has 1 heterocycles. The summed E-state index contributed by atoms with van der Waals surface area (Å²) in [6.45, 7) is 4.17. The smallest absolute Gasteiger partial charge is 0.326 e. The molecule has 0 unspecified atom stereocenters. The van der Waals surface area contributed by atoms with E-state index in [1.807, 2.05) is 13.8 Å². The predicted octanol–water partition coefficient (Wildman–Crippen LogP) is -2.67. The number of carbonyl (C=O) groups is 5. The monoisotopic (exact) mass is 498 g/mol. The van der Waals surface area contributed by atoms with Crippen molar-refractivity contribution in [1.29, 1.82) is 0 Å². The number of carboxylic acid groups (broad SMARTS) is 1. The Balaban J connectivity index is 2.90. The molecule has 0 aromatic rings. The standard InChI is InChI=1S/C21H38N8O6/c1-11(2)9-12(22)17(31)28-14(10-16(23)30)19(33)29-8-4-6-15(29)18(32)27-13(20(34)35)5-3-7-26-21(24)25/h11-15H,3-10,22H2,1-2H3,(H2,23,30)(H,27,32)(H,28,31)(H,34,35)(H4,24,25,26)/t12-,13+,14+,15+/m1/s1. The molecule has 11 N–H and O–H groups in total. The van der Waals surface area contributed by atoms with E-state index in [0.29, 0.717) is 25.7 Å². The normalized spacial score (nSPS) is 17.8. The number of nitrogens with zero attached hydrogens (tertiary/aromatic N) is 2. The maximum absolute atomic E-state index is 13.2. The Hall–Kier alpha value is -3.42. The average molecular weight is 499 g/mol. The number of primary amides is 1. The number of guanidine groups is 1. The Morgan fingerprint density at radius 2 is 1.74 bits per heavy atom. The second kappa shape index (κ2) is 14.1. The fourth-order valence-electron chi connectivity index (χ4n) is 3.83. The molecule has 0 aromatic carbocycles. The average Bonchev–Trinajstić information content (AvgIpc) is 3.23. The summed E-state index contributed by atoms with van der Waals surface area (Å²) in [6.07, 6.45) is 1.07. The Bertz CT molecular complexity index is 814. The van der Waals surface area contributed by atoms with Gasteiger partial charge in [-0.25, -0.2) is 4.79 Å². The van der Waals surface area contributed by atoms with Crippen LogP contribution in [0.25, 0.3) is 0 Å². The van der Waals surface area contributed by atoms with Gasteiger partial charge in [-0.1, -0.05) is 13.8 Å². The highest BCUT2D eigenvalue weighted by Crippen LogP contribution is 2.20. The third kappa shape index (κ3) is 10.2. The molecule has 0 bridgehead atoms. The zero-order chi connectivity index (χ0) is 26.7. The van der Waals surface area contributed by atoms with Crippen LogP contribution in [0.2, 0.25) is 0 Å². The SMILES string of the molecule is CC(C)C[C@@H](N)C(=O)N[C@@H](CC(N)=O)C(=O)N1CCC[C@H]1C(=O)N[C@@H](CCCN=C(N)N)C(=O)O. The van der Waals surface area contributed by atoms with E-state index in [0.717, 1.165) is 0 Å². The third-order valence-electron chi connectivity index (χ3n) is 5.48. The van der Waals surface area contributed by atoms with Crippen molar-refractivity contribution in [3.05, 3.63) is 0 Å². The number of likely N-dealkylation sites (tertiary alicyclic amines) is 1. The molecular formula is C21H38N8O6. The minimum Gasteiger partial charge on any atom is -0.480 e. The van der Waals surface area contributed by atoms with Crippen LogP contribution in [-0.4, -0.2) is 82.8 Å². The summed E-state index contributed by atoms with van der Waals surface area (Å²) < 4.78 is 0. The van der Waals surface area contributed by atoms with Crippen LogP contribution >= 0.6 is 0 Å². The van der Waals surface area contributed by atoms with Gasteiger partial charge in [-0.2, -0.15) is 0 Å². The van der Waals surface area contributed by atoms with Gasteiger partial charge >= 0.3 is 5.97 Å². The Morgan fingerprint density at radius 3 is 2.29 bits per heavy atom. The summed E-state index contributed by atoms with van der Waals surface area (Å²) in [7, 11) is 0. The van der Waals surface area contributed by atoms with E-state index in [-0.39, 0.29) is 31.4 Å². The molecule has 14 nitrogen and oxygen atoms in total. The van der Waals surface area contributed by atoms with Crippen molar-refractivity contribution in [3.8, 4) is 0 Å². The molecular weight excluding hydrogens is 460 g/mol. The molecule has 0 aliphatic carbocycles. The van der Waals surface area contributed by atoms with E-state index in [1.165, 1.54) is 4.90 Å². The van der Waals surface area contributed by atoms with Gasteiger partial charge in [0.2, 0.25) is 23.6 Å². The second-order valence-corrected chi connectivity index (χ2v) is 9.01. The van der Waals surface area contributed by atoms with Crippen molar-refractivity contribution >= 4 is 35.6 Å². The lowest BCUT2D eigenvalue weighted by atomic mass is 10.0. The molecule has 198 valence electrons. The van der Waals surface area contributed by atoms with Crippen molar-refractivity contribution in [1.82, 2.24) is 15.5 Å². The summed E-state index contributed by atoms with van der Waals surface area (Å²) in [5, 5.41) is 14.4. The van der Waals surface area contributed by atoms with Crippen LogP contribution in [0.1, 0.15) is 52.4 Å². The first-order chi connectivity index (χ1) is 16.3. The van der Waals surface area contributed by atoms with E-state index in [9.17, 15) is 29.1 Å². The van der Waals surface area contributed by atoms with Crippen LogP contribution in [-0.2, 0) is 24.0 Å². The number of aliphatic imine (C=N–C) groups is 1. The number of hydrogen-bond donors (Lipinski definition) is 7. The molecule has 1 fully saturated rings. The molecule has 0 aromatic heterocycles. The van der Waals surface area contributed by atoms with E-state index < -0.39 is 60.2 Å². The second-order valence-electron chi connectivity index (χ2n) is 9.01. The third-order valence-corrected chi connectivity index (χ3v) is 5.48. The minimum absolute atomic E-state index is 0.0760. The van der Waals surface area contributed by atoms with Crippen molar-refractivity contribution < 1.29 is 29.1 Å². The number of carboxylic acids is 1. The molecule has 35 heavy (non-hydrogen) atoms. The number of hydrogen-bond acceptors (Lipinski definition) is 7. The summed E-state index contributed by atoms with van der Waals surface area (Å²) in [6, 6.07) is -4.34. The summed E-state index contributed by atoms with van der Waals surface area (Å²) >= 11 is 0. The summed E-state index contributed by atoms with van der Waals surface area (Å²) in [4.78, 5) is 66.7. The largest absolute Gasteiger partial charge is 0.480 e. The number of carbonyl (C=O) groups excluding carboxylic acids is 4. The lowest BCUT2D eigenvalue weighted by Crippen LogP contribution is -2.57. The van der Waals surface area contributed by atoms with Gasteiger partial charge in [-0.15, -0.1) is 0 Å². The summed E-state index contributed by atoms with van der Waals surface area (Å²) in [5.41, 5.74) is 21.6. The van der Waals surface area contributed by atoms with E-state index >= 15 is 0 Å². The molecule has 0 radical (unpaired) electrons. The molecule has 0 saturated carbocycles. The van der Waals surface area contributed by atoms with Gasteiger partial charge in [0.15, 0.2) is 5.96 Å². The van der Waals surface area contributed by atoms with Gasteiger partial charge in [0, 0.05) is 13.1 Å². The van der Waals surface area contributed by atoms with Crippen LogP contribution in [0, 0.1) is 5.92 Å². The molecule has 14 heteroatoms. The zero-order valence-electron chi connectivity index (χ0n) is 20.2. The van der Waals surface area contributed by atoms with E-state index in [4.69, 9.17) is 22.9 Å². The van der Waals surface area contributed by atoms with Crippen molar-refractivity contribution in [2.24, 2.45) is 33.8 Å². The minimum atomic E-state index is -1.29. The van der Waals surface area contributed by atoms with Gasteiger partial charge in [0.25, 0.3) is 0 Å². The fourth-order valence-corrected chi connectivity index (χ4v) is 3.83. The number of nitrogens with one attached hydrogen (secondary N) is 2. The van der Waals surface area contributed by atoms with Gasteiger partial charge in [0.1, 0.15) is 18.1 Å². The lowest BCUT2D eigenvalue weighted by Gasteiger charge is -2.29. The number of amides is 4. The first kappa shape index (κ1) is 29.6. The predicted molar refractivity (Wildman–Crippen MR) is 127 cm³/mol. The lowest BCUT2D eigenvalue weighted by molar-refractivity contribution is -0.145. The number of aliphatic carboxylic acids is 1. The first-order valence-corrected chi connectivity index (χ1v) is 11.6. The molecule has 4 atom stereocenters. The highest BCUT2D eigenvalue weighted by atomic mass is 16.4. The molecule has 1 aliphatic rings. The maximum Gasteiger partial charge on any atom is 0.326 e. The van der Waals surface area contributed by atoms with Crippen LogP contribution < -0.4 is 33.6 Å². The van der Waals surface area contributed by atoms with E-state index in [1.54, 1.807) is 0 Å². The van der Waals surface area contributed by atoms with Crippen LogP contribution in [0.15, 0.2) is 4.99 Å². The van der Waals surface area contributed by atoms with Gasteiger partial charge in [-0.05, 0) is 38.0 Å². The number of nitrogens with two attached hydrogens (primary N) is 4. The molecule has 1 aliphatic heterocycles. The topological polar surface area (TPSA) is 249 Å². The van der Waals surface area contributed by atoms with Crippen molar-refractivity contribution in [2.75, 3.05) is 13.1 Å². The maximum atomic E-state index is 13.2. The van der Waals surface area contributed by atoms with Gasteiger partial charge in [0.05, 0.1) is 12.5 Å². The molecule has 1 rings (SSSR count). The quantitative estimate of drug-likeness (QED) is 0.0748. The summed E-state index contributed by atoms with van der Waals surface area (Å²) in [5.74, 6) is -3.95. The van der Waals surface area contributed by atoms with Crippen molar-refractivity contribution in [3.63, 3.8) is 0 Å². The zero-order valence-corrected chi connectivity index (χ0v) is 20.2. The van der Waals surface area contributed by atoms with Crippen molar-refractivity contribution in [2.45, 2.75) is 76.5 Å². The van der Waals surface area contributed by atoms with E-state index in [2.05, 4.69) is 15.6 Å². The highest BCUT2D eigenvalue weighted by molar-refractivity contribution is 5.96. The molecule has 4 amide bonds. The Morgan fingerprint density at radius 1 is 1.09 bits per heavy atom. The first-order valence-electron chi connectivity index (χ1n) is 11.6. The van der Waals surface area contributed by atoms with Crippen LogP contribution in [0.4, 0.5) is 0 Å². The fraction of sp³-hybridized carbons (Fsp3) is 0.714. The number of rotatable bonds is 14. The van der Waals surface area contributed by atoms with Crippen LogP contribution in [0.5, 0.6) is 0 Å². The van der Waals surface area contributed by atoms with Gasteiger partial charge < -0.3 is 43.6 Å². The van der Waals surface area contributed by atoms with Gasteiger partial charge in [-0.3, -0.25) is 24.2 Å². The Kier molecular flexibility index (Phi) is 11.9. The highest BCUT2D eigenvalue weighted by Gasteiger charge is 2.39. The van der Waals surface area contributed by atoms with Crippen LogP contribution in [0.3, 0.4) is 0 Å². The molecule has 1 saturated heterocycles. The molecule has 0 spiro atoms. The Labute approximate surface area is 204 Å².